The van der Waals surface area contributed by atoms with E-state index in [-0.39, 0.29) is 10.7 Å². The monoisotopic (exact) mass is 643 g/mol. The second-order valence-electron chi connectivity index (χ2n) is 9.40. The summed E-state index contributed by atoms with van der Waals surface area (Å²) >= 11 is 9.59. The molecule has 4 aromatic rings. The van der Waals surface area contributed by atoms with Crippen molar-refractivity contribution in [3.05, 3.63) is 70.2 Å². The minimum Gasteiger partial charge on any atom is -0.493 e. The Labute approximate surface area is 250 Å². The van der Waals surface area contributed by atoms with Crippen molar-refractivity contribution in [1.29, 1.82) is 0 Å². The van der Waals surface area contributed by atoms with Gasteiger partial charge in [-0.2, -0.15) is 0 Å². The van der Waals surface area contributed by atoms with Crippen molar-refractivity contribution in [2.75, 3.05) is 44.0 Å². The molecule has 0 aliphatic carbocycles. The SMILES string of the molecule is COc1cc2c(Oc3ccc(NC(=O)Nc4ccc(Br)cc4F)c(Cl)c3)ncnc2cc1OCCCN1CCCC1. The van der Waals surface area contributed by atoms with Crippen LogP contribution >= 0.6 is 27.5 Å². The summed E-state index contributed by atoms with van der Waals surface area (Å²) < 4.78 is 32.3. The zero-order chi connectivity index (χ0) is 28.8. The molecule has 2 N–H and O–H groups in total. The standard InChI is InChI=1S/C29H28BrClFN5O4/c1-39-26-15-20-25(16-27(26)40-12-4-11-37-9-2-3-10-37)33-17-34-28(20)41-19-6-8-23(21(31)14-19)35-29(38)36-24-7-5-18(30)13-22(24)32/h5-8,13-17H,2-4,9-12H2,1H3,(H2,35,36,38). The molecule has 214 valence electrons. The van der Waals surface area contributed by atoms with Crippen molar-refractivity contribution in [2.45, 2.75) is 19.3 Å². The number of nitrogens with one attached hydrogen (secondary N) is 2. The van der Waals surface area contributed by atoms with E-state index in [0.717, 1.165) is 26.1 Å². The van der Waals surface area contributed by atoms with E-state index in [1.165, 1.54) is 31.3 Å². The van der Waals surface area contributed by atoms with E-state index in [1.54, 1.807) is 37.4 Å². The number of carbonyl (C=O) groups excluding carboxylic acids is 1. The molecule has 1 fully saturated rings. The molecule has 3 aromatic carbocycles. The van der Waals surface area contributed by atoms with Crippen LogP contribution in [0, 0.1) is 5.82 Å². The zero-order valence-corrected chi connectivity index (χ0v) is 24.6. The lowest BCUT2D eigenvalue weighted by molar-refractivity contribution is 0.254. The minimum absolute atomic E-state index is 0.0310. The van der Waals surface area contributed by atoms with Gasteiger partial charge < -0.3 is 29.7 Å². The van der Waals surface area contributed by atoms with Gasteiger partial charge in [-0.25, -0.2) is 19.2 Å². The Balaban J connectivity index is 1.25. The van der Waals surface area contributed by atoms with E-state index >= 15 is 0 Å². The fourth-order valence-corrected chi connectivity index (χ4v) is 5.06. The lowest BCUT2D eigenvalue weighted by Crippen LogP contribution is -2.21. The molecule has 0 saturated carbocycles. The van der Waals surface area contributed by atoms with E-state index in [4.69, 9.17) is 25.8 Å². The van der Waals surface area contributed by atoms with Gasteiger partial charge in [0.2, 0.25) is 5.88 Å². The summed E-state index contributed by atoms with van der Waals surface area (Å²) in [6.45, 7) is 3.91. The fraction of sp³-hybridized carbons (Fsp3) is 0.276. The van der Waals surface area contributed by atoms with Gasteiger partial charge in [-0.15, -0.1) is 0 Å². The maximum absolute atomic E-state index is 14.1. The largest absolute Gasteiger partial charge is 0.493 e. The Morgan fingerprint density at radius 1 is 1.05 bits per heavy atom. The molecular formula is C29H28BrClFN5O4. The number of benzene rings is 3. The summed E-state index contributed by atoms with van der Waals surface area (Å²) in [5.74, 6) is 1.26. The van der Waals surface area contributed by atoms with Crippen LogP contribution in [0.1, 0.15) is 19.3 Å². The van der Waals surface area contributed by atoms with Crippen molar-refractivity contribution in [1.82, 2.24) is 14.9 Å². The minimum atomic E-state index is -0.648. The van der Waals surface area contributed by atoms with Gasteiger partial charge in [-0.1, -0.05) is 27.5 Å². The molecule has 0 unspecified atom stereocenters. The highest BCUT2D eigenvalue weighted by atomic mass is 79.9. The van der Waals surface area contributed by atoms with Crippen LogP contribution in [0.3, 0.4) is 0 Å². The average Bonchev–Trinajstić information content (AvgIpc) is 3.47. The third-order valence-electron chi connectivity index (χ3n) is 6.54. The summed E-state index contributed by atoms with van der Waals surface area (Å²) in [6, 6.07) is 12.0. The number of aromatic nitrogens is 2. The lowest BCUT2D eigenvalue weighted by Gasteiger charge is -2.16. The van der Waals surface area contributed by atoms with Crippen molar-refractivity contribution in [2.24, 2.45) is 0 Å². The molecule has 12 heteroatoms. The molecule has 9 nitrogen and oxygen atoms in total. The van der Waals surface area contributed by atoms with Crippen LogP contribution in [0.15, 0.2) is 59.3 Å². The second-order valence-corrected chi connectivity index (χ2v) is 10.7. The zero-order valence-electron chi connectivity index (χ0n) is 22.3. The van der Waals surface area contributed by atoms with Gasteiger partial charge in [0, 0.05) is 23.2 Å². The molecule has 1 aliphatic heterocycles. The highest BCUT2D eigenvalue weighted by Gasteiger charge is 2.16. The van der Waals surface area contributed by atoms with Crippen molar-refractivity contribution < 1.29 is 23.4 Å². The lowest BCUT2D eigenvalue weighted by atomic mass is 10.2. The Hall–Kier alpha value is -3.67. The van der Waals surface area contributed by atoms with E-state index in [1.807, 2.05) is 6.07 Å². The second kappa shape index (κ2) is 13.3. The van der Waals surface area contributed by atoms with Crippen LogP contribution < -0.4 is 24.8 Å². The van der Waals surface area contributed by atoms with Gasteiger partial charge in [0.25, 0.3) is 0 Å². The van der Waals surface area contributed by atoms with Gasteiger partial charge in [0.15, 0.2) is 11.5 Å². The number of hydrogen-bond acceptors (Lipinski definition) is 7. The number of nitrogens with zero attached hydrogens (tertiary/aromatic N) is 3. The Kier molecular flexibility index (Phi) is 9.38. The van der Waals surface area contributed by atoms with Crippen molar-refractivity contribution in [3.63, 3.8) is 0 Å². The number of amides is 2. The van der Waals surface area contributed by atoms with E-state index < -0.39 is 11.8 Å². The van der Waals surface area contributed by atoms with Crippen LogP contribution in [-0.4, -0.2) is 54.2 Å². The maximum atomic E-state index is 14.1. The summed E-state index contributed by atoms with van der Waals surface area (Å²) in [6.07, 6.45) is 4.87. The molecule has 1 saturated heterocycles. The molecule has 0 bridgehead atoms. The number of ether oxygens (including phenoxy) is 3. The first-order valence-electron chi connectivity index (χ1n) is 13.1. The van der Waals surface area contributed by atoms with Gasteiger partial charge in [-0.05, 0) is 68.8 Å². The third kappa shape index (κ3) is 7.35. The number of anilines is 2. The topological polar surface area (TPSA) is 97.8 Å². The van der Waals surface area contributed by atoms with Gasteiger partial charge in [-0.3, -0.25) is 0 Å². The summed E-state index contributed by atoms with van der Waals surface area (Å²) in [7, 11) is 1.58. The van der Waals surface area contributed by atoms with Gasteiger partial charge >= 0.3 is 6.03 Å². The fourth-order valence-electron chi connectivity index (χ4n) is 4.51. The van der Waals surface area contributed by atoms with Gasteiger partial charge in [0.05, 0.1) is 41.0 Å². The number of halogens is 3. The van der Waals surface area contributed by atoms with Crippen LogP contribution in [-0.2, 0) is 0 Å². The Morgan fingerprint density at radius 2 is 1.83 bits per heavy atom. The van der Waals surface area contributed by atoms with Crippen molar-refractivity contribution in [3.8, 4) is 23.1 Å². The summed E-state index contributed by atoms with van der Waals surface area (Å²) in [4.78, 5) is 23.5. The van der Waals surface area contributed by atoms with E-state index in [0.29, 0.717) is 50.8 Å². The normalized spacial score (nSPS) is 13.3. The maximum Gasteiger partial charge on any atom is 0.323 e. The van der Waals surface area contributed by atoms with Crippen LogP contribution in [0.5, 0.6) is 23.1 Å². The first-order chi connectivity index (χ1) is 19.9. The molecular weight excluding hydrogens is 617 g/mol. The predicted octanol–water partition coefficient (Wildman–Crippen LogP) is 7.49. The summed E-state index contributed by atoms with van der Waals surface area (Å²) in [5.41, 5.74) is 0.977. The van der Waals surface area contributed by atoms with Crippen molar-refractivity contribution >= 4 is 55.8 Å². The molecule has 5 rings (SSSR count). The Morgan fingerprint density at radius 3 is 2.59 bits per heavy atom. The van der Waals surface area contributed by atoms with Crippen LogP contribution in [0.25, 0.3) is 10.9 Å². The van der Waals surface area contributed by atoms with E-state index in [9.17, 15) is 9.18 Å². The summed E-state index contributed by atoms with van der Waals surface area (Å²) in [5, 5.41) is 5.90. The average molecular weight is 645 g/mol. The first kappa shape index (κ1) is 28.8. The van der Waals surface area contributed by atoms with Gasteiger partial charge in [0.1, 0.15) is 17.9 Å². The number of likely N-dealkylation sites (tertiary alicyclic amines) is 1. The Bertz CT molecular complexity index is 1550. The molecule has 1 aromatic heterocycles. The van der Waals surface area contributed by atoms with Crippen LogP contribution in [0.2, 0.25) is 5.02 Å². The smallest absolute Gasteiger partial charge is 0.323 e. The number of fused-ring (bicyclic) bond motifs is 1. The number of methoxy groups -OCH3 is 1. The first-order valence-corrected chi connectivity index (χ1v) is 14.2. The van der Waals surface area contributed by atoms with E-state index in [2.05, 4.69) is 41.4 Å². The highest BCUT2D eigenvalue weighted by Crippen LogP contribution is 2.37. The molecule has 0 radical (unpaired) electrons. The molecule has 2 amide bonds. The van der Waals surface area contributed by atoms with Crippen LogP contribution in [0.4, 0.5) is 20.6 Å². The number of carbonyl (C=O) groups is 1. The molecule has 1 aliphatic rings. The number of urea groups is 1. The third-order valence-corrected chi connectivity index (χ3v) is 7.35. The number of hydrogen-bond donors (Lipinski definition) is 2. The molecule has 0 atom stereocenters. The quantitative estimate of drug-likeness (QED) is 0.173. The highest BCUT2D eigenvalue weighted by molar-refractivity contribution is 9.10. The molecule has 0 spiro atoms. The predicted molar refractivity (Wildman–Crippen MR) is 160 cm³/mol. The number of rotatable bonds is 10. The molecule has 2 heterocycles. The molecule has 41 heavy (non-hydrogen) atoms.